The number of anilines is 2. The zero-order chi connectivity index (χ0) is 22.6. The Balaban J connectivity index is 1.96. The zero-order valence-corrected chi connectivity index (χ0v) is 18.5. The highest BCUT2D eigenvalue weighted by molar-refractivity contribution is 7.92. The molecule has 0 aliphatic heterocycles. The molecule has 0 aromatic heterocycles. The number of nitrogens with one attached hydrogen (secondary N) is 1. The van der Waals surface area contributed by atoms with Gasteiger partial charge in [-0.3, -0.25) is 9.10 Å². The summed E-state index contributed by atoms with van der Waals surface area (Å²) >= 11 is 0. The summed E-state index contributed by atoms with van der Waals surface area (Å²) in [5.41, 5.74) is 2.32. The molecule has 0 saturated heterocycles. The second kappa shape index (κ2) is 9.31. The molecule has 5 nitrogen and oxygen atoms in total. The lowest BCUT2D eigenvalue weighted by Gasteiger charge is -2.24. The summed E-state index contributed by atoms with van der Waals surface area (Å²) < 4.78 is 41.7. The Morgan fingerprint density at radius 1 is 0.968 bits per heavy atom. The molecule has 162 valence electrons. The maximum absolute atomic E-state index is 13.9. The van der Waals surface area contributed by atoms with Crippen molar-refractivity contribution in [3.05, 3.63) is 89.7 Å². The van der Waals surface area contributed by atoms with Crippen molar-refractivity contribution in [1.82, 2.24) is 0 Å². The zero-order valence-electron chi connectivity index (χ0n) is 17.7. The van der Waals surface area contributed by atoms with Crippen LogP contribution in [0.4, 0.5) is 15.8 Å². The van der Waals surface area contributed by atoms with E-state index in [0.717, 1.165) is 15.4 Å². The first-order valence-electron chi connectivity index (χ1n) is 9.92. The van der Waals surface area contributed by atoms with Crippen LogP contribution in [-0.2, 0) is 14.8 Å². The van der Waals surface area contributed by atoms with Gasteiger partial charge in [0.25, 0.3) is 10.0 Å². The van der Waals surface area contributed by atoms with Crippen LogP contribution in [0.5, 0.6) is 0 Å². The molecule has 0 saturated carbocycles. The summed E-state index contributed by atoms with van der Waals surface area (Å²) in [4.78, 5) is 12.7. The average Bonchev–Trinajstić information content (AvgIpc) is 2.74. The van der Waals surface area contributed by atoms with Crippen LogP contribution in [0.2, 0.25) is 0 Å². The largest absolute Gasteiger partial charge is 0.322 e. The predicted molar refractivity (Wildman–Crippen MR) is 121 cm³/mol. The van der Waals surface area contributed by atoms with E-state index in [9.17, 15) is 17.6 Å². The van der Waals surface area contributed by atoms with Gasteiger partial charge in [-0.25, -0.2) is 12.8 Å². The SMILES string of the molecule is Cc1ccc(S(=O)(=O)N(CC(=O)Nc2ccccc2F)c2ccc(C(C)C)cc2)cc1. The molecule has 0 heterocycles. The van der Waals surface area contributed by atoms with E-state index in [1.54, 1.807) is 30.3 Å². The molecule has 31 heavy (non-hydrogen) atoms. The van der Waals surface area contributed by atoms with Gasteiger partial charge in [0.1, 0.15) is 12.4 Å². The Morgan fingerprint density at radius 3 is 2.16 bits per heavy atom. The number of sulfonamides is 1. The number of hydrogen-bond donors (Lipinski definition) is 1. The molecule has 3 aromatic rings. The third-order valence-electron chi connectivity index (χ3n) is 4.89. The van der Waals surface area contributed by atoms with Crippen molar-refractivity contribution < 1.29 is 17.6 Å². The topological polar surface area (TPSA) is 66.5 Å². The first kappa shape index (κ1) is 22.5. The van der Waals surface area contributed by atoms with E-state index in [0.29, 0.717) is 5.69 Å². The molecule has 3 rings (SSSR count). The van der Waals surface area contributed by atoms with E-state index >= 15 is 0 Å². The van der Waals surface area contributed by atoms with Crippen LogP contribution >= 0.6 is 0 Å². The summed E-state index contributed by atoms with van der Waals surface area (Å²) in [6.45, 7) is 5.45. The lowest BCUT2D eigenvalue weighted by Crippen LogP contribution is -2.38. The minimum atomic E-state index is -4.02. The van der Waals surface area contributed by atoms with Crippen molar-refractivity contribution in [1.29, 1.82) is 0 Å². The number of nitrogens with zero attached hydrogens (tertiary/aromatic N) is 1. The van der Waals surface area contributed by atoms with E-state index in [1.165, 1.54) is 30.3 Å². The fourth-order valence-corrected chi connectivity index (χ4v) is 4.48. The van der Waals surface area contributed by atoms with Crippen molar-refractivity contribution in [2.75, 3.05) is 16.2 Å². The Hall–Kier alpha value is -3.19. The molecule has 0 aliphatic rings. The smallest absolute Gasteiger partial charge is 0.264 e. The lowest BCUT2D eigenvalue weighted by atomic mass is 10.0. The molecule has 0 fully saturated rings. The van der Waals surface area contributed by atoms with Gasteiger partial charge in [-0.2, -0.15) is 0 Å². The van der Waals surface area contributed by atoms with Crippen molar-refractivity contribution in [3.63, 3.8) is 0 Å². The fraction of sp³-hybridized carbons (Fsp3) is 0.208. The molecule has 0 atom stereocenters. The molecule has 0 aliphatic carbocycles. The standard InChI is InChI=1S/C24H25FN2O3S/c1-17(2)19-10-12-20(13-11-19)27(31(29,30)21-14-8-18(3)9-15-21)16-24(28)26-23-7-5-4-6-22(23)25/h4-15,17H,16H2,1-3H3,(H,26,28). The Labute approximate surface area is 182 Å². The predicted octanol–water partition coefficient (Wildman–Crippen LogP) is 5.09. The van der Waals surface area contributed by atoms with E-state index in [1.807, 2.05) is 32.9 Å². The summed E-state index contributed by atoms with van der Waals surface area (Å²) in [5.74, 6) is -0.959. The van der Waals surface area contributed by atoms with Crippen LogP contribution in [-0.4, -0.2) is 20.9 Å². The number of aryl methyl sites for hydroxylation is 1. The lowest BCUT2D eigenvalue weighted by molar-refractivity contribution is -0.114. The molecule has 0 spiro atoms. The van der Waals surface area contributed by atoms with Crippen LogP contribution in [0, 0.1) is 12.7 Å². The molecular weight excluding hydrogens is 415 g/mol. The van der Waals surface area contributed by atoms with E-state index in [2.05, 4.69) is 5.32 Å². The average molecular weight is 441 g/mol. The summed E-state index contributed by atoms with van der Waals surface area (Å²) in [7, 11) is -4.02. The first-order valence-corrected chi connectivity index (χ1v) is 11.4. The Kier molecular flexibility index (Phi) is 6.75. The molecule has 3 aromatic carbocycles. The van der Waals surface area contributed by atoms with Crippen LogP contribution < -0.4 is 9.62 Å². The second-order valence-electron chi connectivity index (χ2n) is 7.60. The van der Waals surface area contributed by atoms with Crippen LogP contribution in [0.3, 0.4) is 0 Å². The quantitative estimate of drug-likeness (QED) is 0.556. The first-order chi connectivity index (χ1) is 14.7. The summed E-state index contributed by atoms with van der Waals surface area (Å²) in [6, 6.07) is 19.2. The molecule has 1 N–H and O–H groups in total. The van der Waals surface area contributed by atoms with Gasteiger partial charge in [0.15, 0.2) is 0 Å². The minimum absolute atomic E-state index is 0.00432. The second-order valence-corrected chi connectivity index (χ2v) is 9.46. The van der Waals surface area contributed by atoms with E-state index < -0.39 is 28.3 Å². The van der Waals surface area contributed by atoms with E-state index in [4.69, 9.17) is 0 Å². The van der Waals surface area contributed by atoms with Gasteiger partial charge in [0.05, 0.1) is 16.3 Å². The Morgan fingerprint density at radius 2 is 1.58 bits per heavy atom. The van der Waals surface area contributed by atoms with Crippen LogP contribution in [0.15, 0.2) is 77.7 Å². The number of amides is 1. The highest BCUT2D eigenvalue weighted by Crippen LogP contribution is 2.26. The van der Waals surface area contributed by atoms with Crippen molar-refractivity contribution in [2.45, 2.75) is 31.6 Å². The summed E-state index contributed by atoms with van der Waals surface area (Å²) in [5, 5.41) is 2.45. The van der Waals surface area contributed by atoms with Crippen LogP contribution in [0.25, 0.3) is 0 Å². The highest BCUT2D eigenvalue weighted by atomic mass is 32.2. The maximum atomic E-state index is 13.9. The summed E-state index contributed by atoms with van der Waals surface area (Å²) in [6.07, 6.45) is 0. The van der Waals surface area contributed by atoms with Crippen molar-refractivity contribution >= 4 is 27.3 Å². The molecule has 1 amide bonds. The molecule has 0 radical (unpaired) electrons. The molecular formula is C24H25FN2O3S. The number of rotatable bonds is 7. The fourth-order valence-electron chi connectivity index (χ4n) is 3.06. The number of benzene rings is 3. The number of para-hydroxylation sites is 1. The molecule has 0 unspecified atom stereocenters. The molecule has 0 bridgehead atoms. The van der Waals surface area contributed by atoms with Gasteiger partial charge in [-0.05, 0) is 54.8 Å². The third-order valence-corrected chi connectivity index (χ3v) is 6.68. The van der Waals surface area contributed by atoms with Gasteiger partial charge < -0.3 is 5.32 Å². The van der Waals surface area contributed by atoms with Crippen molar-refractivity contribution in [2.24, 2.45) is 0 Å². The van der Waals surface area contributed by atoms with Gasteiger partial charge in [-0.1, -0.05) is 55.8 Å². The Bertz CT molecular complexity index is 1160. The molecule has 7 heteroatoms. The normalized spacial score (nSPS) is 11.4. The number of carbonyl (C=O) groups is 1. The number of halogens is 1. The van der Waals surface area contributed by atoms with Gasteiger partial charge in [0.2, 0.25) is 5.91 Å². The maximum Gasteiger partial charge on any atom is 0.264 e. The van der Waals surface area contributed by atoms with Gasteiger partial charge in [-0.15, -0.1) is 0 Å². The number of carbonyl (C=O) groups excluding carboxylic acids is 1. The van der Waals surface area contributed by atoms with Gasteiger partial charge >= 0.3 is 0 Å². The number of hydrogen-bond acceptors (Lipinski definition) is 3. The van der Waals surface area contributed by atoms with Crippen LogP contribution in [0.1, 0.15) is 30.9 Å². The van der Waals surface area contributed by atoms with Crippen molar-refractivity contribution in [3.8, 4) is 0 Å². The highest BCUT2D eigenvalue weighted by Gasteiger charge is 2.27. The van der Waals surface area contributed by atoms with Gasteiger partial charge in [0, 0.05) is 0 Å². The monoisotopic (exact) mass is 440 g/mol. The minimum Gasteiger partial charge on any atom is -0.322 e. The van der Waals surface area contributed by atoms with E-state index in [-0.39, 0.29) is 16.5 Å². The third kappa shape index (κ3) is 5.30.